The van der Waals surface area contributed by atoms with Crippen molar-refractivity contribution in [3.05, 3.63) is 48.5 Å². The topological polar surface area (TPSA) is 63.5 Å². The van der Waals surface area contributed by atoms with Crippen molar-refractivity contribution in [2.75, 3.05) is 20.2 Å². The van der Waals surface area contributed by atoms with E-state index < -0.39 is 0 Å². The molecule has 0 bridgehead atoms. The number of benzene rings is 1. The van der Waals surface area contributed by atoms with Gasteiger partial charge < -0.3 is 19.9 Å². The van der Waals surface area contributed by atoms with E-state index in [4.69, 9.17) is 4.74 Å². The number of guanidine groups is 1. The molecule has 0 saturated heterocycles. The molecule has 2 aromatic rings. The Kier molecular flexibility index (Phi) is 6.97. The lowest BCUT2D eigenvalue weighted by Crippen LogP contribution is -2.38. The molecule has 0 aliphatic heterocycles. The number of rotatable bonds is 8. The molecule has 0 aliphatic rings. The van der Waals surface area contributed by atoms with E-state index in [-0.39, 0.29) is 0 Å². The summed E-state index contributed by atoms with van der Waals surface area (Å²) in [6.45, 7) is 5.37. The van der Waals surface area contributed by atoms with Gasteiger partial charge in [-0.1, -0.05) is 12.1 Å². The standard InChI is InChI=1S/C17H25N5O/c1-3-19-17(20-9-4-11-22-12-10-18-14-22)21-13-15-5-7-16(23-2)8-6-15/h5-8,10,12,14H,3-4,9,11,13H2,1-2H3,(H2,19,20,21). The summed E-state index contributed by atoms with van der Waals surface area (Å²) in [5, 5.41) is 6.62. The fourth-order valence-electron chi connectivity index (χ4n) is 2.13. The fraction of sp³-hybridized carbons (Fsp3) is 0.412. The highest BCUT2D eigenvalue weighted by Crippen LogP contribution is 2.11. The molecule has 0 atom stereocenters. The van der Waals surface area contributed by atoms with Crippen LogP contribution in [0.3, 0.4) is 0 Å². The van der Waals surface area contributed by atoms with Crippen LogP contribution in [-0.4, -0.2) is 35.7 Å². The molecular formula is C17H25N5O. The van der Waals surface area contributed by atoms with Crippen molar-refractivity contribution in [1.82, 2.24) is 20.2 Å². The average Bonchev–Trinajstić information content (AvgIpc) is 3.10. The Hall–Kier alpha value is -2.50. The van der Waals surface area contributed by atoms with Crippen molar-refractivity contribution in [1.29, 1.82) is 0 Å². The second-order valence-corrected chi connectivity index (χ2v) is 5.12. The summed E-state index contributed by atoms with van der Waals surface area (Å²) >= 11 is 0. The monoisotopic (exact) mass is 315 g/mol. The van der Waals surface area contributed by atoms with Crippen molar-refractivity contribution in [3.8, 4) is 5.75 Å². The molecule has 0 saturated carbocycles. The highest BCUT2D eigenvalue weighted by Gasteiger charge is 1.98. The van der Waals surface area contributed by atoms with Crippen LogP contribution in [0.5, 0.6) is 5.75 Å². The SMILES string of the molecule is CCNC(=NCc1ccc(OC)cc1)NCCCn1ccnc1. The smallest absolute Gasteiger partial charge is 0.191 e. The number of methoxy groups -OCH3 is 1. The number of hydrogen-bond donors (Lipinski definition) is 2. The number of aromatic nitrogens is 2. The van der Waals surface area contributed by atoms with Gasteiger partial charge in [0.15, 0.2) is 5.96 Å². The molecule has 6 heteroatoms. The Morgan fingerprint density at radius 1 is 1.26 bits per heavy atom. The summed E-state index contributed by atoms with van der Waals surface area (Å²) in [5.74, 6) is 1.70. The Balaban J connectivity index is 1.78. The normalized spacial score (nSPS) is 11.3. The predicted molar refractivity (Wildman–Crippen MR) is 92.7 cm³/mol. The van der Waals surface area contributed by atoms with Gasteiger partial charge in [0.1, 0.15) is 5.75 Å². The average molecular weight is 315 g/mol. The van der Waals surface area contributed by atoms with E-state index in [0.29, 0.717) is 6.54 Å². The molecule has 0 unspecified atom stereocenters. The van der Waals surface area contributed by atoms with Gasteiger partial charge in [0.2, 0.25) is 0 Å². The van der Waals surface area contributed by atoms with Crippen LogP contribution in [0.2, 0.25) is 0 Å². The van der Waals surface area contributed by atoms with Crippen LogP contribution >= 0.6 is 0 Å². The van der Waals surface area contributed by atoms with Crippen LogP contribution < -0.4 is 15.4 Å². The third kappa shape index (κ3) is 6.02. The van der Waals surface area contributed by atoms with E-state index in [1.54, 1.807) is 13.3 Å². The van der Waals surface area contributed by atoms with Gasteiger partial charge in [-0.05, 0) is 31.0 Å². The largest absolute Gasteiger partial charge is 0.497 e. The van der Waals surface area contributed by atoms with E-state index in [1.807, 2.05) is 36.8 Å². The van der Waals surface area contributed by atoms with E-state index >= 15 is 0 Å². The number of aliphatic imine (C=N–C) groups is 1. The van der Waals surface area contributed by atoms with Crippen molar-refractivity contribution >= 4 is 5.96 Å². The van der Waals surface area contributed by atoms with Crippen LogP contribution in [-0.2, 0) is 13.1 Å². The highest BCUT2D eigenvalue weighted by atomic mass is 16.5. The van der Waals surface area contributed by atoms with Gasteiger partial charge in [-0.3, -0.25) is 0 Å². The quantitative estimate of drug-likeness (QED) is 0.444. The molecule has 2 rings (SSSR count). The summed E-state index contributed by atoms with van der Waals surface area (Å²) in [4.78, 5) is 8.65. The maximum Gasteiger partial charge on any atom is 0.191 e. The fourth-order valence-corrected chi connectivity index (χ4v) is 2.13. The summed E-state index contributed by atoms with van der Waals surface area (Å²) in [5.41, 5.74) is 1.15. The van der Waals surface area contributed by atoms with Crippen LogP contribution in [0.15, 0.2) is 48.0 Å². The summed E-state index contributed by atoms with van der Waals surface area (Å²) in [6, 6.07) is 7.97. The molecule has 0 spiro atoms. The Morgan fingerprint density at radius 2 is 2.09 bits per heavy atom. The Labute approximate surface area is 137 Å². The molecule has 124 valence electrons. The lowest BCUT2D eigenvalue weighted by Gasteiger charge is -2.11. The molecule has 2 N–H and O–H groups in total. The molecule has 0 fully saturated rings. The van der Waals surface area contributed by atoms with Crippen molar-refractivity contribution < 1.29 is 4.74 Å². The summed E-state index contributed by atoms with van der Waals surface area (Å²) in [6.07, 6.45) is 6.63. The van der Waals surface area contributed by atoms with Gasteiger partial charge in [0.05, 0.1) is 20.0 Å². The van der Waals surface area contributed by atoms with E-state index in [0.717, 1.165) is 43.3 Å². The molecule has 23 heavy (non-hydrogen) atoms. The molecule has 1 aromatic carbocycles. The predicted octanol–water partition coefficient (Wildman–Crippen LogP) is 2.04. The first-order chi connectivity index (χ1) is 11.3. The Morgan fingerprint density at radius 3 is 2.74 bits per heavy atom. The van der Waals surface area contributed by atoms with Gasteiger partial charge >= 0.3 is 0 Å². The second kappa shape index (κ2) is 9.50. The minimum absolute atomic E-state index is 0.640. The second-order valence-electron chi connectivity index (χ2n) is 5.12. The highest BCUT2D eigenvalue weighted by molar-refractivity contribution is 5.79. The maximum atomic E-state index is 5.16. The summed E-state index contributed by atoms with van der Waals surface area (Å²) < 4.78 is 7.24. The maximum absolute atomic E-state index is 5.16. The Bertz CT molecular complexity index is 578. The molecule has 1 heterocycles. The van der Waals surface area contributed by atoms with Gasteiger partial charge in [-0.25, -0.2) is 9.98 Å². The van der Waals surface area contributed by atoms with Gasteiger partial charge in [-0.15, -0.1) is 0 Å². The van der Waals surface area contributed by atoms with Gasteiger partial charge in [0, 0.05) is 32.0 Å². The minimum Gasteiger partial charge on any atom is -0.497 e. The molecule has 0 amide bonds. The lowest BCUT2D eigenvalue weighted by molar-refractivity contribution is 0.414. The van der Waals surface area contributed by atoms with Crippen LogP contribution in [0.25, 0.3) is 0 Å². The number of hydrogen-bond acceptors (Lipinski definition) is 3. The minimum atomic E-state index is 0.640. The lowest BCUT2D eigenvalue weighted by atomic mass is 10.2. The first kappa shape index (κ1) is 16.9. The van der Waals surface area contributed by atoms with Crippen LogP contribution in [0.1, 0.15) is 18.9 Å². The van der Waals surface area contributed by atoms with Gasteiger partial charge in [0.25, 0.3) is 0 Å². The zero-order chi connectivity index (χ0) is 16.3. The number of imidazole rings is 1. The first-order valence-corrected chi connectivity index (χ1v) is 7.92. The number of nitrogens with one attached hydrogen (secondary N) is 2. The van der Waals surface area contributed by atoms with Crippen molar-refractivity contribution in [2.45, 2.75) is 26.4 Å². The zero-order valence-corrected chi connectivity index (χ0v) is 13.8. The van der Waals surface area contributed by atoms with Crippen LogP contribution in [0.4, 0.5) is 0 Å². The van der Waals surface area contributed by atoms with E-state index in [9.17, 15) is 0 Å². The van der Waals surface area contributed by atoms with Crippen molar-refractivity contribution in [3.63, 3.8) is 0 Å². The van der Waals surface area contributed by atoms with E-state index in [1.165, 1.54) is 0 Å². The summed E-state index contributed by atoms with van der Waals surface area (Å²) in [7, 11) is 1.67. The first-order valence-electron chi connectivity index (χ1n) is 7.92. The number of nitrogens with zero attached hydrogens (tertiary/aromatic N) is 3. The van der Waals surface area contributed by atoms with Crippen molar-refractivity contribution in [2.24, 2.45) is 4.99 Å². The molecule has 0 radical (unpaired) electrons. The molecule has 6 nitrogen and oxygen atoms in total. The van der Waals surface area contributed by atoms with E-state index in [2.05, 4.69) is 32.1 Å². The molecule has 1 aromatic heterocycles. The third-order valence-corrected chi connectivity index (χ3v) is 3.37. The number of aryl methyl sites for hydroxylation is 1. The molecule has 0 aliphatic carbocycles. The van der Waals surface area contributed by atoms with Crippen LogP contribution in [0, 0.1) is 0 Å². The number of ether oxygens (including phenoxy) is 1. The molecular weight excluding hydrogens is 290 g/mol. The third-order valence-electron chi connectivity index (χ3n) is 3.37. The zero-order valence-electron chi connectivity index (χ0n) is 13.8. The van der Waals surface area contributed by atoms with Gasteiger partial charge in [-0.2, -0.15) is 0 Å².